The van der Waals surface area contributed by atoms with E-state index in [1.54, 1.807) is 0 Å². The average molecular weight is 285 g/mol. The number of aliphatic hydroxyl groups is 1. The summed E-state index contributed by atoms with van der Waals surface area (Å²) < 4.78 is 0. The summed E-state index contributed by atoms with van der Waals surface area (Å²) in [5, 5.41) is 10.8. The third-order valence-corrected chi connectivity index (χ3v) is 7.77. The lowest BCUT2D eigenvalue weighted by atomic mass is 9.51. The molecule has 0 aromatic carbocycles. The molecule has 4 bridgehead atoms. The molecule has 2 atom stereocenters. The summed E-state index contributed by atoms with van der Waals surface area (Å²) in [7, 11) is 0. The fourth-order valence-electron chi connectivity index (χ4n) is 5.31. The van der Waals surface area contributed by atoms with E-state index in [0.717, 1.165) is 31.1 Å². The summed E-state index contributed by atoms with van der Waals surface area (Å²) in [6, 6.07) is 0. The van der Waals surface area contributed by atoms with Crippen LogP contribution in [0.25, 0.3) is 0 Å². The zero-order valence-corrected chi connectivity index (χ0v) is 12.6. The van der Waals surface area contributed by atoms with Crippen LogP contribution in [0.5, 0.6) is 0 Å². The van der Waals surface area contributed by atoms with Crippen LogP contribution in [0.3, 0.4) is 0 Å². The van der Waals surface area contributed by atoms with Gasteiger partial charge < -0.3 is 5.11 Å². The fourth-order valence-corrected chi connectivity index (χ4v) is 7.80. The molecule has 1 heterocycles. The molecule has 4 heteroatoms. The van der Waals surface area contributed by atoms with E-state index in [9.17, 15) is 5.11 Å². The van der Waals surface area contributed by atoms with E-state index < -0.39 is 0 Å². The molecule has 2 nitrogen and oxygen atoms in total. The van der Waals surface area contributed by atoms with Crippen LogP contribution in [0.4, 0.5) is 0 Å². The molecular weight excluding hydrogens is 262 g/mol. The summed E-state index contributed by atoms with van der Waals surface area (Å²) in [6.45, 7) is 0. The zero-order valence-electron chi connectivity index (χ0n) is 10.9. The first kappa shape index (κ1) is 12.4. The summed E-state index contributed by atoms with van der Waals surface area (Å²) in [6.07, 6.45) is 7.39. The van der Waals surface area contributed by atoms with Gasteiger partial charge in [-0.2, -0.15) is 0 Å². The van der Waals surface area contributed by atoms with Crippen LogP contribution >= 0.6 is 23.5 Å². The molecule has 5 rings (SSSR count). The molecule has 1 aliphatic heterocycles. The first-order chi connectivity index (χ1) is 8.68. The zero-order chi connectivity index (χ0) is 12.2. The first-order valence-electron chi connectivity index (χ1n) is 7.31. The van der Waals surface area contributed by atoms with Gasteiger partial charge >= 0.3 is 0 Å². The van der Waals surface area contributed by atoms with Crippen LogP contribution in [-0.4, -0.2) is 44.4 Å². The summed E-state index contributed by atoms with van der Waals surface area (Å²) in [4.78, 5) is 2.73. The molecule has 18 heavy (non-hydrogen) atoms. The maximum atomic E-state index is 10.8. The Morgan fingerprint density at radius 1 is 0.944 bits per heavy atom. The van der Waals surface area contributed by atoms with Gasteiger partial charge in [-0.25, -0.2) is 0 Å². The van der Waals surface area contributed by atoms with Crippen LogP contribution in [0.1, 0.15) is 38.5 Å². The molecule has 102 valence electrons. The molecule has 0 aromatic heterocycles. The van der Waals surface area contributed by atoms with E-state index in [0.29, 0.717) is 5.54 Å². The Morgan fingerprint density at radius 2 is 1.56 bits per heavy atom. The highest BCUT2D eigenvalue weighted by Gasteiger charge is 2.59. The molecule has 0 spiro atoms. The first-order valence-corrected chi connectivity index (χ1v) is 9.61. The maximum Gasteiger partial charge on any atom is 0.0670 e. The Labute approximate surface area is 118 Å². The molecule has 1 saturated heterocycles. The molecule has 4 saturated carbocycles. The van der Waals surface area contributed by atoms with Gasteiger partial charge in [0.2, 0.25) is 0 Å². The molecule has 1 N–H and O–H groups in total. The number of thioether (sulfide) groups is 2. The van der Waals surface area contributed by atoms with E-state index in [1.165, 1.54) is 42.5 Å². The van der Waals surface area contributed by atoms with Crippen molar-refractivity contribution in [2.75, 3.05) is 23.3 Å². The van der Waals surface area contributed by atoms with E-state index in [4.69, 9.17) is 0 Å². The van der Waals surface area contributed by atoms with Gasteiger partial charge in [-0.1, -0.05) is 0 Å². The normalized spacial score (nSPS) is 52.5. The highest BCUT2D eigenvalue weighted by Crippen LogP contribution is 2.59. The Bertz CT molecular complexity index is 327. The van der Waals surface area contributed by atoms with Crippen LogP contribution in [0.2, 0.25) is 0 Å². The van der Waals surface area contributed by atoms with E-state index in [2.05, 4.69) is 28.4 Å². The monoisotopic (exact) mass is 285 g/mol. The van der Waals surface area contributed by atoms with Crippen molar-refractivity contribution in [3.8, 4) is 0 Å². The highest BCUT2D eigenvalue weighted by molar-refractivity contribution is 8.03. The number of rotatable bonds is 1. The largest absolute Gasteiger partial charge is 0.390 e. The van der Waals surface area contributed by atoms with E-state index in [-0.39, 0.29) is 5.60 Å². The van der Waals surface area contributed by atoms with Crippen molar-refractivity contribution in [2.24, 2.45) is 11.8 Å². The third kappa shape index (κ3) is 1.95. The third-order valence-electron chi connectivity index (χ3n) is 5.54. The molecule has 5 aliphatic rings. The molecule has 5 fully saturated rings. The van der Waals surface area contributed by atoms with Crippen molar-refractivity contribution in [3.63, 3.8) is 0 Å². The fraction of sp³-hybridized carbons (Fsp3) is 1.00. The maximum absolute atomic E-state index is 10.8. The summed E-state index contributed by atoms with van der Waals surface area (Å²) in [5.41, 5.74) is 0.0644. The van der Waals surface area contributed by atoms with E-state index in [1.807, 2.05) is 0 Å². The van der Waals surface area contributed by atoms with E-state index >= 15 is 0 Å². The molecule has 0 amide bonds. The van der Waals surface area contributed by atoms with Gasteiger partial charge in [0.05, 0.1) is 5.60 Å². The second-order valence-corrected chi connectivity index (χ2v) is 9.17. The predicted octanol–water partition coefficient (Wildman–Crippen LogP) is 2.77. The van der Waals surface area contributed by atoms with Crippen LogP contribution in [-0.2, 0) is 0 Å². The van der Waals surface area contributed by atoms with Gasteiger partial charge in [0.15, 0.2) is 0 Å². The Balaban J connectivity index is 1.62. The molecule has 0 aromatic rings. The average Bonchev–Trinajstić information content (AvgIpc) is 2.53. The molecule has 0 radical (unpaired) electrons. The molecule has 4 aliphatic carbocycles. The quantitative estimate of drug-likeness (QED) is 0.800. The van der Waals surface area contributed by atoms with Crippen molar-refractivity contribution in [2.45, 2.75) is 49.7 Å². The van der Waals surface area contributed by atoms with Gasteiger partial charge in [-0.3, -0.25) is 4.90 Å². The topological polar surface area (TPSA) is 23.5 Å². The number of hydrogen-bond donors (Lipinski definition) is 1. The van der Waals surface area contributed by atoms with Crippen molar-refractivity contribution >= 4 is 23.5 Å². The second kappa shape index (κ2) is 4.31. The summed E-state index contributed by atoms with van der Waals surface area (Å²) >= 11 is 4.19. The Kier molecular flexibility index (Phi) is 2.96. The molecular formula is C14H23NOS2. The van der Waals surface area contributed by atoms with Gasteiger partial charge in [0.1, 0.15) is 0 Å². The highest BCUT2D eigenvalue weighted by atomic mass is 32.2. The summed E-state index contributed by atoms with van der Waals surface area (Å²) in [5.74, 6) is 6.62. The second-order valence-electron chi connectivity index (χ2n) is 7.02. The van der Waals surface area contributed by atoms with Crippen molar-refractivity contribution in [1.29, 1.82) is 0 Å². The Morgan fingerprint density at radius 3 is 2.11 bits per heavy atom. The molecule has 2 unspecified atom stereocenters. The van der Waals surface area contributed by atoms with Gasteiger partial charge in [0.25, 0.3) is 0 Å². The minimum atomic E-state index is -0.300. The minimum absolute atomic E-state index is 0.300. The van der Waals surface area contributed by atoms with Gasteiger partial charge in [-0.15, -0.1) is 23.5 Å². The van der Waals surface area contributed by atoms with Crippen molar-refractivity contribution < 1.29 is 5.11 Å². The van der Waals surface area contributed by atoms with Crippen molar-refractivity contribution in [1.82, 2.24) is 4.90 Å². The number of hydrogen-bond acceptors (Lipinski definition) is 4. The van der Waals surface area contributed by atoms with Crippen LogP contribution < -0.4 is 0 Å². The lowest BCUT2D eigenvalue weighted by Gasteiger charge is -2.63. The lowest BCUT2D eigenvalue weighted by molar-refractivity contribution is -0.169. The van der Waals surface area contributed by atoms with Crippen LogP contribution in [0.15, 0.2) is 0 Å². The smallest absolute Gasteiger partial charge is 0.0670 e. The van der Waals surface area contributed by atoms with Crippen LogP contribution in [0, 0.1) is 11.8 Å². The lowest BCUT2D eigenvalue weighted by Crippen LogP contribution is -2.65. The SMILES string of the molecule is OC12CC3CC(C1)CC(N1CSCCSC1)(C3)C2. The number of nitrogens with zero attached hydrogens (tertiary/aromatic N) is 1. The standard InChI is InChI=1S/C14H23NOS2/c16-14-6-11-3-12(7-14)5-13(4-11,8-14)15-9-17-1-2-18-10-15/h11-12,16H,1-10H2. The minimum Gasteiger partial charge on any atom is -0.390 e. The predicted molar refractivity (Wildman–Crippen MR) is 78.9 cm³/mol. The van der Waals surface area contributed by atoms with Crippen molar-refractivity contribution in [3.05, 3.63) is 0 Å². The van der Waals surface area contributed by atoms with Gasteiger partial charge in [-0.05, 0) is 50.4 Å². The Hall–Kier alpha value is 0.620. The van der Waals surface area contributed by atoms with Gasteiger partial charge in [0, 0.05) is 28.8 Å².